The molecule has 8 heteroatoms. The van der Waals surface area contributed by atoms with Crippen molar-refractivity contribution in [3.63, 3.8) is 0 Å². The summed E-state index contributed by atoms with van der Waals surface area (Å²) >= 11 is 5.76. The van der Waals surface area contributed by atoms with Gasteiger partial charge in [-0.15, -0.1) is 0 Å². The fourth-order valence-electron chi connectivity index (χ4n) is 2.28. The molecule has 21 heavy (non-hydrogen) atoms. The van der Waals surface area contributed by atoms with Crippen molar-refractivity contribution in [2.75, 3.05) is 24.7 Å². The van der Waals surface area contributed by atoms with Gasteiger partial charge in [0.15, 0.2) is 0 Å². The summed E-state index contributed by atoms with van der Waals surface area (Å²) in [5, 5.41) is 2.84. The number of nitrogens with one attached hydrogen (secondary N) is 1. The fraction of sp³-hybridized carbons (Fsp3) is 0.462. The summed E-state index contributed by atoms with van der Waals surface area (Å²) in [4.78, 5) is 12.1. The van der Waals surface area contributed by atoms with Crippen LogP contribution in [0, 0.1) is 11.7 Å². The molecule has 1 aromatic rings. The minimum Gasteiger partial charge on any atom is -0.323 e. The number of anilines is 1. The molecule has 116 valence electrons. The van der Waals surface area contributed by atoms with Crippen molar-refractivity contribution in [2.45, 2.75) is 12.8 Å². The molecule has 0 bridgehead atoms. The normalized spacial score (nSPS) is 17.7. The number of rotatable bonds is 3. The Kier molecular flexibility index (Phi) is 4.85. The number of benzene rings is 1. The molecule has 1 aliphatic heterocycles. The third kappa shape index (κ3) is 4.15. The quantitative estimate of drug-likeness (QED) is 0.920. The van der Waals surface area contributed by atoms with Crippen molar-refractivity contribution in [3.8, 4) is 0 Å². The van der Waals surface area contributed by atoms with Crippen molar-refractivity contribution >= 4 is 33.2 Å². The molecule has 1 aromatic carbocycles. The molecule has 0 radical (unpaired) electrons. The molecule has 5 nitrogen and oxygen atoms in total. The number of halogens is 2. The third-order valence-corrected chi connectivity index (χ3v) is 5.02. The summed E-state index contributed by atoms with van der Waals surface area (Å²) in [7, 11) is -3.22. The summed E-state index contributed by atoms with van der Waals surface area (Å²) in [5.74, 6) is -1.20. The van der Waals surface area contributed by atoms with Gasteiger partial charge >= 0.3 is 0 Å². The van der Waals surface area contributed by atoms with Gasteiger partial charge in [-0.3, -0.25) is 4.79 Å². The highest BCUT2D eigenvalue weighted by molar-refractivity contribution is 7.88. The van der Waals surface area contributed by atoms with E-state index in [2.05, 4.69) is 5.32 Å². The van der Waals surface area contributed by atoms with E-state index in [-0.39, 0.29) is 17.5 Å². The van der Waals surface area contributed by atoms with Gasteiger partial charge in [0.05, 0.1) is 11.9 Å². The van der Waals surface area contributed by atoms with E-state index in [1.165, 1.54) is 22.5 Å². The summed E-state index contributed by atoms with van der Waals surface area (Å²) in [5.41, 5.74) is 0.0399. The number of amides is 1. The number of hydrogen-bond acceptors (Lipinski definition) is 3. The number of sulfonamides is 1. The van der Waals surface area contributed by atoms with E-state index in [0.717, 1.165) is 6.26 Å². The van der Waals surface area contributed by atoms with Gasteiger partial charge in [-0.25, -0.2) is 17.1 Å². The van der Waals surface area contributed by atoms with Gasteiger partial charge < -0.3 is 5.32 Å². The first-order valence-electron chi connectivity index (χ1n) is 6.48. The van der Waals surface area contributed by atoms with Crippen molar-refractivity contribution in [3.05, 3.63) is 29.0 Å². The Morgan fingerprint density at radius 1 is 1.38 bits per heavy atom. The maximum Gasteiger partial charge on any atom is 0.227 e. The third-order valence-electron chi connectivity index (χ3n) is 3.48. The van der Waals surface area contributed by atoms with E-state index >= 15 is 0 Å². The number of carbonyl (C=O) groups excluding carboxylic acids is 1. The van der Waals surface area contributed by atoms with Crippen LogP contribution in [0.5, 0.6) is 0 Å². The van der Waals surface area contributed by atoms with Crippen LogP contribution in [-0.2, 0) is 14.8 Å². The van der Waals surface area contributed by atoms with E-state index in [4.69, 9.17) is 11.6 Å². The molecule has 1 saturated heterocycles. The molecule has 0 saturated carbocycles. The first kappa shape index (κ1) is 16.2. The van der Waals surface area contributed by atoms with Crippen LogP contribution >= 0.6 is 11.6 Å². The van der Waals surface area contributed by atoms with Crippen LogP contribution in [0.3, 0.4) is 0 Å². The zero-order valence-electron chi connectivity index (χ0n) is 11.5. The summed E-state index contributed by atoms with van der Waals surface area (Å²) in [6.07, 6.45) is 1.98. The minimum absolute atomic E-state index is 0.0399. The van der Waals surface area contributed by atoms with Crippen molar-refractivity contribution in [1.29, 1.82) is 0 Å². The van der Waals surface area contributed by atoms with E-state index in [1.807, 2.05) is 0 Å². The average Bonchev–Trinajstić information content (AvgIpc) is 2.42. The van der Waals surface area contributed by atoms with Gasteiger partial charge in [0.2, 0.25) is 15.9 Å². The highest BCUT2D eigenvalue weighted by atomic mass is 35.5. The summed E-state index contributed by atoms with van der Waals surface area (Å²) < 4.78 is 37.7. The van der Waals surface area contributed by atoms with Crippen LogP contribution in [0.25, 0.3) is 0 Å². The monoisotopic (exact) mass is 334 g/mol. The number of hydrogen-bond donors (Lipinski definition) is 1. The SMILES string of the molecule is CS(=O)(=O)N1CCC(C(=O)Nc2cc(Cl)ccc2F)CC1. The Morgan fingerprint density at radius 3 is 2.57 bits per heavy atom. The second kappa shape index (κ2) is 6.29. The molecule has 0 unspecified atom stereocenters. The van der Waals surface area contributed by atoms with Crippen molar-refractivity contribution in [2.24, 2.45) is 5.92 Å². The van der Waals surface area contributed by atoms with E-state index in [1.54, 1.807) is 0 Å². The van der Waals surface area contributed by atoms with Crippen LogP contribution in [-0.4, -0.2) is 38.0 Å². The van der Waals surface area contributed by atoms with E-state index in [0.29, 0.717) is 31.0 Å². The fourth-order valence-corrected chi connectivity index (χ4v) is 3.32. The van der Waals surface area contributed by atoms with Crippen LogP contribution in [0.4, 0.5) is 10.1 Å². The van der Waals surface area contributed by atoms with Crippen LogP contribution in [0.2, 0.25) is 5.02 Å². The molecule has 0 atom stereocenters. The molecule has 1 heterocycles. The smallest absolute Gasteiger partial charge is 0.227 e. The van der Waals surface area contributed by atoms with Crippen LogP contribution < -0.4 is 5.32 Å². The number of nitrogens with zero attached hydrogens (tertiary/aromatic N) is 1. The predicted octanol–water partition coefficient (Wildman–Crippen LogP) is 2.09. The van der Waals surface area contributed by atoms with Crippen molar-refractivity contribution < 1.29 is 17.6 Å². The van der Waals surface area contributed by atoms with E-state index < -0.39 is 15.8 Å². The van der Waals surface area contributed by atoms with Gasteiger partial charge in [0.25, 0.3) is 0 Å². The van der Waals surface area contributed by atoms with Crippen LogP contribution in [0.1, 0.15) is 12.8 Å². The zero-order chi connectivity index (χ0) is 15.6. The van der Waals surface area contributed by atoms with Gasteiger partial charge in [0.1, 0.15) is 5.82 Å². The van der Waals surface area contributed by atoms with Crippen LogP contribution in [0.15, 0.2) is 18.2 Å². The number of piperidine rings is 1. The van der Waals surface area contributed by atoms with E-state index in [9.17, 15) is 17.6 Å². The molecule has 0 aromatic heterocycles. The van der Waals surface area contributed by atoms with Gasteiger partial charge in [0, 0.05) is 24.0 Å². The van der Waals surface area contributed by atoms with Gasteiger partial charge in [-0.05, 0) is 31.0 Å². The Bertz CT molecular complexity index is 643. The Morgan fingerprint density at radius 2 is 2.00 bits per heavy atom. The Labute approximate surface area is 128 Å². The highest BCUT2D eigenvalue weighted by Crippen LogP contribution is 2.23. The Balaban J connectivity index is 1.98. The summed E-state index contributed by atoms with van der Waals surface area (Å²) in [6, 6.07) is 3.93. The number of carbonyl (C=O) groups is 1. The Hall–Kier alpha value is -1.18. The first-order chi connectivity index (χ1) is 9.77. The maximum atomic E-state index is 13.6. The minimum atomic E-state index is -3.22. The summed E-state index contributed by atoms with van der Waals surface area (Å²) in [6.45, 7) is 0.601. The van der Waals surface area contributed by atoms with Gasteiger partial charge in [-0.1, -0.05) is 11.6 Å². The standard InChI is InChI=1S/C13H16ClFN2O3S/c1-21(19,20)17-6-4-9(5-7-17)13(18)16-12-8-10(14)2-3-11(12)15/h2-3,8-9H,4-7H2,1H3,(H,16,18). The van der Waals surface area contributed by atoms with Crippen molar-refractivity contribution in [1.82, 2.24) is 4.31 Å². The molecule has 0 spiro atoms. The maximum absolute atomic E-state index is 13.6. The topological polar surface area (TPSA) is 66.5 Å². The molecule has 1 aliphatic rings. The zero-order valence-corrected chi connectivity index (χ0v) is 13.0. The predicted molar refractivity (Wildman–Crippen MR) is 79.2 cm³/mol. The second-order valence-corrected chi connectivity index (χ2v) is 7.47. The molecular weight excluding hydrogens is 319 g/mol. The second-order valence-electron chi connectivity index (χ2n) is 5.05. The molecule has 1 N–H and O–H groups in total. The largest absolute Gasteiger partial charge is 0.323 e. The highest BCUT2D eigenvalue weighted by Gasteiger charge is 2.29. The lowest BCUT2D eigenvalue weighted by Gasteiger charge is -2.29. The lowest BCUT2D eigenvalue weighted by molar-refractivity contribution is -0.120. The average molecular weight is 335 g/mol. The molecule has 2 rings (SSSR count). The molecule has 1 amide bonds. The molecule has 1 fully saturated rings. The lowest BCUT2D eigenvalue weighted by atomic mass is 9.97. The molecule has 0 aliphatic carbocycles. The first-order valence-corrected chi connectivity index (χ1v) is 8.71. The van der Waals surface area contributed by atoms with Gasteiger partial charge in [-0.2, -0.15) is 0 Å². The molecular formula is C13H16ClFN2O3S. The lowest BCUT2D eigenvalue weighted by Crippen LogP contribution is -2.40.